The summed E-state index contributed by atoms with van der Waals surface area (Å²) >= 11 is 0. The molecule has 20 heavy (non-hydrogen) atoms. The number of fused-ring (bicyclic) bond motifs is 1. The molecule has 0 heterocycles. The van der Waals surface area contributed by atoms with Gasteiger partial charge < -0.3 is 5.32 Å². The Bertz CT molecular complexity index is 602. The van der Waals surface area contributed by atoms with E-state index in [2.05, 4.69) is 62.5 Å². The second-order valence-electron chi connectivity index (χ2n) is 6.33. The molecule has 1 N–H and O–H groups in total. The number of nitrogens with one attached hydrogen (secondary N) is 1. The summed E-state index contributed by atoms with van der Waals surface area (Å²) in [6.07, 6.45) is 2.56. The maximum absolute atomic E-state index is 3.79. The van der Waals surface area contributed by atoms with E-state index in [0.717, 1.165) is 18.4 Å². The Balaban J connectivity index is 2.04. The first-order chi connectivity index (χ1) is 9.72. The van der Waals surface area contributed by atoms with Gasteiger partial charge in [-0.2, -0.15) is 0 Å². The third-order valence-electron chi connectivity index (χ3n) is 4.72. The van der Waals surface area contributed by atoms with E-state index in [9.17, 15) is 0 Å². The van der Waals surface area contributed by atoms with E-state index in [1.165, 1.54) is 34.7 Å². The molecule has 0 amide bonds. The number of rotatable bonds is 5. The average Bonchev–Trinajstić information content (AvgIpc) is 3.18. The molecule has 2 aromatic rings. The highest BCUT2D eigenvalue weighted by Gasteiger charge is 2.40. The summed E-state index contributed by atoms with van der Waals surface area (Å²) in [5.41, 5.74) is 2.87. The third kappa shape index (κ3) is 2.47. The lowest BCUT2D eigenvalue weighted by atomic mass is 9.93. The normalized spacial score (nSPS) is 22.9. The van der Waals surface area contributed by atoms with Crippen LogP contribution in [-0.2, 0) is 0 Å². The standard InChI is InChI=1S/C19H25N/c1-4-11-20-19(18-12-14(18)3)17-10-9-13(2)15-7-5-6-8-16(15)17/h5-10,14,18-20H,4,11-12H2,1-3H3. The molecule has 0 aromatic heterocycles. The first-order valence-electron chi connectivity index (χ1n) is 7.94. The van der Waals surface area contributed by atoms with Crippen LogP contribution in [0.4, 0.5) is 0 Å². The van der Waals surface area contributed by atoms with Crippen LogP contribution in [0.1, 0.15) is 43.9 Å². The Morgan fingerprint density at radius 1 is 1.15 bits per heavy atom. The van der Waals surface area contributed by atoms with Crippen molar-refractivity contribution in [3.05, 3.63) is 47.5 Å². The van der Waals surface area contributed by atoms with E-state index in [1.807, 2.05) is 0 Å². The van der Waals surface area contributed by atoms with Gasteiger partial charge in [-0.15, -0.1) is 0 Å². The number of hydrogen-bond donors (Lipinski definition) is 1. The van der Waals surface area contributed by atoms with Crippen molar-refractivity contribution < 1.29 is 0 Å². The van der Waals surface area contributed by atoms with Crippen LogP contribution in [0.5, 0.6) is 0 Å². The minimum atomic E-state index is 0.524. The van der Waals surface area contributed by atoms with Crippen LogP contribution in [0, 0.1) is 18.8 Å². The van der Waals surface area contributed by atoms with Gasteiger partial charge in [-0.3, -0.25) is 0 Å². The lowest BCUT2D eigenvalue weighted by molar-refractivity contribution is 0.465. The van der Waals surface area contributed by atoms with E-state index in [0.29, 0.717) is 6.04 Å². The first-order valence-corrected chi connectivity index (χ1v) is 7.94. The van der Waals surface area contributed by atoms with Crippen molar-refractivity contribution in [1.29, 1.82) is 0 Å². The van der Waals surface area contributed by atoms with Crippen molar-refractivity contribution in [2.75, 3.05) is 6.54 Å². The first kappa shape index (κ1) is 13.6. The van der Waals surface area contributed by atoms with Crippen molar-refractivity contribution in [3.63, 3.8) is 0 Å². The van der Waals surface area contributed by atoms with E-state index in [1.54, 1.807) is 0 Å². The van der Waals surface area contributed by atoms with Crippen LogP contribution in [0.15, 0.2) is 36.4 Å². The Morgan fingerprint density at radius 3 is 2.50 bits per heavy atom. The van der Waals surface area contributed by atoms with Gasteiger partial charge in [-0.05, 0) is 60.0 Å². The van der Waals surface area contributed by atoms with E-state index in [4.69, 9.17) is 0 Å². The Kier molecular flexibility index (Phi) is 3.80. The topological polar surface area (TPSA) is 12.0 Å². The number of aryl methyl sites for hydroxylation is 1. The Hall–Kier alpha value is -1.34. The largest absolute Gasteiger partial charge is 0.310 e. The summed E-state index contributed by atoms with van der Waals surface area (Å²) in [7, 11) is 0. The van der Waals surface area contributed by atoms with Crippen molar-refractivity contribution in [2.24, 2.45) is 11.8 Å². The van der Waals surface area contributed by atoms with E-state index >= 15 is 0 Å². The predicted molar refractivity (Wildman–Crippen MR) is 87.0 cm³/mol. The van der Waals surface area contributed by atoms with Gasteiger partial charge in [0.05, 0.1) is 0 Å². The van der Waals surface area contributed by atoms with Gasteiger partial charge in [0.2, 0.25) is 0 Å². The van der Waals surface area contributed by atoms with E-state index < -0.39 is 0 Å². The smallest absolute Gasteiger partial charge is 0.0357 e. The molecule has 0 spiro atoms. The second-order valence-corrected chi connectivity index (χ2v) is 6.33. The summed E-state index contributed by atoms with van der Waals surface area (Å²) < 4.78 is 0. The molecule has 106 valence electrons. The second kappa shape index (κ2) is 5.57. The summed E-state index contributed by atoms with van der Waals surface area (Å²) in [6.45, 7) is 7.94. The summed E-state index contributed by atoms with van der Waals surface area (Å²) in [4.78, 5) is 0. The summed E-state index contributed by atoms with van der Waals surface area (Å²) in [5.74, 6) is 1.68. The molecule has 0 radical (unpaired) electrons. The van der Waals surface area contributed by atoms with Crippen molar-refractivity contribution >= 4 is 10.8 Å². The predicted octanol–water partition coefficient (Wildman–Crippen LogP) is 4.84. The molecule has 3 rings (SSSR count). The van der Waals surface area contributed by atoms with Gasteiger partial charge in [-0.1, -0.05) is 50.2 Å². The van der Waals surface area contributed by atoms with Gasteiger partial charge >= 0.3 is 0 Å². The molecule has 1 heteroatoms. The molecule has 0 aliphatic heterocycles. The Morgan fingerprint density at radius 2 is 1.85 bits per heavy atom. The minimum Gasteiger partial charge on any atom is -0.310 e. The molecule has 0 saturated heterocycles. The SMILES string of the molecule is CCCNC(c1ccc(C)c2ccccc12)C1CC1C. The highest BCUT2D eigenvalue weighted by molar-refractivity contribution is 5.89. The van der Waals surface area contributed by atoms with Crippen LogP contribution in [0.25, 0.3) is 10.8 Å². The van der Waals surface area contributed by atoms with Crippen LogP contribution >= 0.6 is 0 Å². The third-order valence-corrected chi connectivity index (χ3v) is 4.72. The fourth-order valence-corrected chi connectivity index (χ4v) is 3.35. The zero-order chi connectivity index (χ0) is 14.1. The van der Waals surface area contributed by atoms with Crippen LogP contribution < -0.4 is 5.32 Å². The lowest BCUT2D eigenvalue weighted by Crippen LogP contribution is -2.24. The molecule has 2 aromatic carbocycles. The molecule has 1 nitrogen and oxygen atoms in total. The maximum Gasteiger partial charge on any atom is 0.0357 e. The zero-order valence-corrected chi connectivity index (χ0v) is 12.8. The monoisotopic (exact) mass is 267 g/mol. The molecular weight excluding hydrogens is 242 g/mol. The highest BCUT2D eigenvalue weighted by atomic mass is 14.9. The van der Waals surface area contributed by atoms with Gasteiger partial charge in [0.15, 0.2) is 0 Å². The Labute approximate surface area is 122 Å². The molecule has 1 aliphatic carbocycles. The highest BCUT2D eigenvalue weighted by Crippen LogP contribution is 2.48. The number of hydrogen-bond acceptors (Lipinski definition) is 1. The van der Waals surface area contributed by atoms with Crippen LogP contribution in [0.3, 0.4) is 0 Å². The van der Waals surface area contributed by atoms with Gasteiger partial charge in [0.25, 0.3) is 0 Å². The van der Waals surface area contributed by atoms with Crippen molar-refractivity contribution in [2.45, 2.75) is 39.7 Å². The fourth-order valence-electron chi connectivity index (χ4n) is 3.35. The van der Waals surface area contributed by atoms with Crippen LogP contribution in [-0.4, -0.2) is 6.54 Å². The number of benzene rings is 2. The van der Waals surface area contributed by atoms with E-state index in [-0.39, 0.29) is 0 Å². The molecule has 1 aliphatic rings. The van der Waals surface area contributed by atoms with Gasteiger partial charge in [-0.25, -0.2) is 0 Å². The molecule has 1 fully saturated rings. The quantitative estimate of drug-likeness (QED) is 0.817. The minimum absolute atomic E-state index is 0.524. The summed E-state index contributed by atoms with van der Waals surface area (Å²) in [5, 5.41) is 6.62. The average molecular weight is 267 g/mol. The van der Waals surface area contributed by atoms with Gasteiger partial charge in [0.1, 0.15) is 0 Å². The van der Waals surface area contributed by atoms with Crippen molar-refractivity contribution in [3.8, 4) is 0 Å². The van der Waals surface area contributed by atoms with Crippen LogP contribution in [0.2, 0.25) is 0 Å². The molecule has 3 unspecified atom stereocenters. The zero-order valence-electron chi connectivity index (χ0n) is 12.8. The fraction of sp³-hybridized carbons (Fsp3) is 0.474. The lowest BCUT2D eigenvalue weighted by Gasteiger charge is -2.21. The summed E-state index contributed by atoms with van der Waals surface area (Å²) in [6, 6.07) is 14.0. The maximum atomic E-state index is 3.79. The van der Waals surface area contributed by atoms with Crippen molar-refractivity contribution in [1.82, 2.24) is 5.32 Å². The van der Waals surface area contributed by atoms with Gasteiger partial charge in [0, 0.05) is 6.04 Å². The molecule has 0 bridgehead atoms. The molecule has 1 saturated carbocycles. The molecule has 3 atom stereocenters. The molecular formula is C19H25N.